The maximum Gasteiger partial charge on any atom is 0.169 e. The lowest BCUT2D eigenvalue weighted by molar-refractivity contribution is -0.0844. The van der Waals surface area contributed by atoms with Crippen molar-refractivity contribution in [2.24, 2.45) is 0 Å². The van der Waals surface area contributed by atoms with Crippen LogP contribution in [0.1, 0.15) is 37.5 Å². The molecule has 2 aromatic rings. The van der Waals surface area contributed by atoms with E-state index in [1.165, 1.54) is 12.5 Å². The second-order valence-corrected chi connectivity index (χ2v) is 5.59. The van der Waals surface area contributed by atoms with Gasteiger partial charge in [-0.05, 0) is 44.9 Å². The summed E-state index contributed by atoms with van der Waals surface area (Å²) in [4.78, 5) is 0. The summed E-state index contributed by atoms with van der Waals surface area (Å²) in [5, 5.41) is 4.07. The minimum absolute atomic E-state index is 0.0436. The lowest BCUT2D eigenvalue weighted by Gasteiger charge is -2.42. The maximum absolute atomic E-state index is 13.7. The van der Waals surface area contributed by atoms with E-state index < -0.39 is 0 Å². The molecule has 1 fully saturated rings. The van der Waals surface area contributed by atoms with E-state index in [1.807, 2.05) is 19.2 Å². The number of halogens is 1. The van der Waals surface area contributed by atoms with Crippen molar-refractivity contribution in [3.05, 3.63) is 35.8 Å². The van der Waals surface area contributed by atoms with E-state index in [4.69, 9.17) is 9.15 Å². The summed E-state index contributed by atoms with van der Waals surface area (Å²) in [6.45, 7) is 0. The minimum atomic E-state index is -0.311. The first-order valence-corrected chi connectivity index (χ1v) is 7.08. The molecule has 1 aliphatic rings. The molecule has 1 aromatic carbocycles. The lowest BCUT2D eigenvalue weighted by Crippen LogP contribution is -2.42. The molecule has 0 amide bonds. The van der Waals surface area contributed by atoms with Crippen LogP contribution in [0.25, 0.3) is 11.0 Å². The zero-order valence-electron chi connectivity index (χ0n) is 11.9. The molecule has 108 valence electrons. The Bertz CT molecular complexity index is 598. The van der Waals surface area contributed by atoms with E-state index in [2.05, 4.69) is 5.32 Å². The second kappa shape index (κ2) is 5.19. The Hall–Kier alpha value is -1.39. The average molecular weight is 277 g/mol. The van der Waals surface area contributed by atoms with E-state index in [1.54, 1.807) is 13.2 Å². The standard InChI is InChI=1S/C16H20FNO2/c1-18-13(10-16(19-2)7-4-8-16)14-9-11-5-3-6-12(17)15(11)20-14/h3,5-6,9,13,18H,4,7-8,10H2,1-2H3. The zero-order chi connectivity index (χ0) is 14.2. The number of hydrogen-bond acceptors (Lipinski definition) is 3. The molecule has 0 spiro atoms. The molecule has 0 aliphatic heterocycles. The predicted molar refractivity (Wildman–Crippen MR) is 76.2 cm³/mol. The molecular formula is C16H20FNO2. The zero-order valence-corrected chi connectivity index (χ0v) is 11.9. The first-order chi connectivity index (χ1) is 9.67. The largest absolute Gasteiger partial charge is 0.456 e. The molecule has 4 heteroatoms. The number of hydrogen-bond donors (Lipinski definition) is 1. The van der Waals surface area contributed by atoms with Gasteiger partial charge in [0.05, 0.1) is 11.6 Å². The van der Waals surface area contributed by atoms with Crippen LogP contribution in [-0.2, 0) is 4.74 Å². The Kier molecular flexibility index (Phi) is 3.52. The molecule has 1 atom stereocenters. The van der Waals surface area contributed by atoms with Gasteiger partial charge in [0.1, 0.15) is 5.76 Å². The predicted octanol–water partition coefficient (Wildman–Crippen LogP) is 3.79. The normalized spacial score (nSPS) is 18.9. The molecular weight excluding hydrogens is 257 g/mol. The summed E-state index contributed by atoms with van der Waals surface area (Å²) in [6, 6.07) is 6.96. The number of ether oxygens (including phenoxy) is 1. The van der Waals surface area contributed by atoms with Gasteiger partial charge in [-0.25, -0.2) is 4.39 Å². The Morgan fingerprint density at radius 3 is 2.80 bits per heavy atom. The van der Waals surface area contributed by atoms with E-state index >= 15 is 0 Å². The molecule has 20 heavy (non-hydrogen) atoms. The van der Waals surface area contributed by atoms with Gasteiger partial charge >= 0.3 is 0 Å². The van der Waals surface area contributed by atoms with Crippen molar-refractivity contribution >= 4 is 11.0 Å². The molecule has 0 radical (unpaired) electrons. The van der Waals surface area contributed by atoms with Crippen LogP contribution in [0.4, 0.5) is 4.39 Å². The number of methoxy groups -OCH3 is 1. The summed E-state index contributed by atoms with van der Waals surface area (Å²) >= 11 is 0. The number of para-hydroxylation sites is 1. The molecule has 1 aromatic heterocycles. The van der Waals surface area contributed by atoms with Crippen molar-refractivity contribution in [3.63, 3.8) is 0 Å². The van der Waals surface area contributed by atoms with Crippen molar-refractivity contribution in [3.8, 4) is 0 Å². The van der Waals surface area contributed by atoms with Crippen LogP contribution in [0.5, 0.6) is 0 Å². The van der Waals surface area contributed by atoms with Gasteiger partial charge in [-0.1, -0.05) is 12.1 Å². The number of nitrogens with one attached hydrogen (secondary N) is 1. The van der Waals surface area contributed by atoms with E-state index in [9.17, 15) is 4.39 Å². The van der Waals surface area contributed by atoms with Crippen LogP contribution in [0.15, 0.2) is 28.7 Å². The quantitative estimate of drug-likeness (QED) is 0.903. The van der Waals surface area contributed by atoms with Gasteiger partial charge in [0, 0.05) is 12.5 Å². The molecule has 1 heterocycles. The van der Waals surface area contributed by atoms with Crippen LogP contribution in [0.2, 0.25) is 0 Å². The van der Waals surface area contributed by atoms with Crippen molar-refractivity contribution < 1.29 is 13.5 Å². The van der Waals surface area contributed by atoms with Gasteiger partial charge in [0.2, 0.25) is 0 Å². The van der Waals surface area contributed by atoms with E-state index in [0.29, 0.717) is 5.58 Å². The number of benzene rings is 1. The second-order valence-electron chi connectivity index (χ2n) is 5.59. The van der Waals surface area contributed by atoms with Gasteiger partial charge < -0.3 is 14.5 Å². The summed E-state index contributed by atoms with van der Waals surface area (Å²) < 4.78 is 25.1. The van der Waals surface area contributed by atoms with E-state index in [-0.39, 0.29) is 17.5 Å². The summed E-state index contributed by atoms with van der Waals surface area (Å²) in [5.74, 6) is 0.463. The fourth-order valence-corrected chi connectivity index (χ4v) is 3.00. The van der Waals surface area contributed by atoms with Crippen LogP contribution in [0.3, 0.4) is 0 Å². The SMILES string of the molecule is CNC(CC1(OC)CCC1)c1cc2cccc(F)c2o1. The molecule has 0 saturated heterocycles. The van der Waals surface area contributed by atoms with Crippen LogP contribution >= 0.6 is 0 Å². The van der Waals surface area contributed by atoms with Crippen molar-refractivity contribution in [1.82, 2.24) is 5.32 Å². The molecule has 0 bridgehead atoms. The first-order valence-electron chi connectivity index (χ1n) is 7.08. The Morgan fingerprint density at radius 2 is 2.25 bits per heavy atom. The van der Waals surface area contributed by atoms with Gasteiger partial charge in [0.15, 0.2) is 11.4 Å². The highest BCUT2D eigenvalue weighted by Crippen LogP contribution is 2.42. The highest BCUT2D eigenvalue weighted by Gasteiger charge is 2.39. The Morgan fingerprint density at radius 1 is 1.45 bits per heavy atom. The molecule has 1 aliphatic carbocycles. The van der Waals surface area contributed by atoms with Crippen molar-refractivity contribution in [2.75, 3.05) is 14.2 Å². The average Bonchev–Trinajstić information content (AvgIpc) is 2.84. The number of fused-ring (bicyclic) bond motifs is 1. The monoisotopic (exact) mass is 277 g/mol. The van der Waals surface area contributed by atoms with E-state index in [0.717, 1.165) is 30.4 Å². The molecule has 1 unspecified atom stereocenters. The third kappa shape index (κ3) is 2.23. The Balaban J connectivity index is 1.89. The minimum Gasteiger partial charge on any atom is -0.456 e. The van der Waals surface area contributed by atoms with Gasteiger partial charge in [-0.3, -0.25) is 0 Å². The molecule has 1 N–H and O–H groups in total. The van der Waals surface area contributed by atoms with Gasteiger partial charge in [-0.15, -0.1) is 0 Å². The highest BCUT2D eigenvalue weighted by molar-refractivity contribution is 5.78. The van der Waals surface area contributed by atoms with Crippen molar-refractivity contribution in [1.29, 1.82) is 0 Å². The maximum atomic E-state index is 13.7. The summed E-state index contributed by atoms with van der Waals surface area (Å²) in [5.41, 5.74) is 0.286. The first kappa shape index (κ1) is 13.6. The fraction of sp³-hybridized carbons (Fsp3) is 0.500. The number of rotatable bonds is 5. The van der Waals surface area contributed by atoms with Crippen LogP contribution in [0, 0.1) is 5.82 Å². The fourth-order valence-electron chi connectivity index (χ4n) is 3.00. The lowest BCUT2D eigenvalue weighted by atomic mass is 9.75. The molecule has 3 rings (SSSR count). The summed E-state index contributed by atoms with van der Waals surface area (Å²) in [7, 11) is 3.67. The third-order valence-corrected chi connectivity index (χ3v) is 4.48. The van der Waals surface area contributed by atoms with Gasteiger partial charge in [0.25, 0.3) is 0 Å². The van der Waals surface area contributed by atoms with Crippen molar-refractivity contribution in [2.45, 2.75) is 37.3 Å². The van der Waals surface area contributed by atoms with Crippen LogP contribution < -0.4 is 5.32 Å². The molecule has 1 saturated carbocycles. The smallest absolute Gasteiger partial charge is 0.169 e. The Labute approximate surface area is 118 Å². The third-order valence-electron chi connectivity index (χ3n) is 4.48. The molecule has 3 nitrogen and oxygen atoms in total. The van der Waals surface area contributed by atoms with Crippen LogP contribution in [-0.4, -0.2) is 19.8 Å². The topological polar surface area (TPSA) is 34.4 Å². The highest BCUT2D eigenvalue weighted by atomic mass is 19.1. The number of furan rings is 1. The summed E-state index contributed by atoms with van der Waals surface area (Å²) in [6.07, 6.45) is 4.22. The van der Waals surface area contributed by atoms with Gasteiger partial charge in [-0.2, -0.15) is 0 Å².